The molecular formula is C19H26FN3O3S. The van der Waals surface area contributed by atoms with E-state index in [4.69, 9.17) is 15.5 Å². The zero-order valence-corrected chi connectivity index (χ0v) is 16.8. The fourth-order valence-corrected chi connectivity index (χ4v) is 5.52. The summed E-state index contributed by atoms with van der Waals surface area (Å²) >= 11 is 1.40. The second-order valence-corrected chi connectivity index (χ2v) is 9.14. The minimum absolute atomic E-state index is 0.0445. The molecule has 1 aliphatic heterocycles. The Labute approximate surface area is 163 Å². The predicted molar refractivity (Wildman–Crippen MR) is 106 cm³/mol. The molecule has 0 spiro atoms. The Kier molecular flexibility index (Phi) is 5.16. The van der Waals surface area contributed by atoms with E-state index in [0.29, 0.717) is 28.6 Å². The fourth-order valence-electron chi connectivity index (χ4n) is 4.04. The highest BCUT2D eigenvalue weighted by atomic mass is 32.2. The number of nitrogen functional groups attached to an aromatic ring is 1. The van der Waals surface area contributed by atoms with Crippen molar-refractivity contribution in [3.05, 3.63) is 29.6 Å². The average Bonchev–Trinajstić information content (AvgIpc) is 2.94. The zero-order valence-electron chi connectivity index (χ0n) is 16.0. The third kappa shape index (κ3) is 3.52. The van der Waals surface area contributed by atoms with Crippen molar-refractivity contribution in [2.24, 2.45) is 10.9 Å². The summed E-state index contributed by atoms with van der Waals surface area (Å²) in [5.41, 5.74) is 5.27. The highest BCUT2D eigenvalue weighted by Gasteiger charge is 2.53. The number of carboxylic acid groups (broad SMARTS) is 1. The second kappa shape index (κ2) is 6.98. The maximum Gasteiger partial charge on any atom is 0.413 e. The Morgan fingerprint density at radius 3 is 2.78 bits per heavy atom. The average molecular weight is 396 g/mol. The number of carbonyl (C=O) groups is 1. The highest BCUT2D eigenvalue weighted by molar-refractivity contribution is 8.13. The minimum atomic E-state index is -1.07. The zero-order chi connectivity index (χ0) is 20.0. The van der Waals surface area contributed by atoms with E-state index in [9.17, 15) is 14.3 Å². The summed E-state index contributed by atoms with van der Waals surface area (Å²) < 4.78 is 20.4. The van der Waals surface area contributed by atoms with E-state index in [1.807, 2.05) is 20.8 Å². The molecule has 0 radical (unpaired) electrons. The van der Waals surface area contributed by atoms with Crippen molar-refractivity contribution in [2.45, 2.75) is 50.8 Å². The van der Waals surface area contributed by atoms with E-state index in [2.05, 4.69) is 0 Å². The van der Waals surface area contributed by atoms with Gasteiger partial charge in [-0.2, -0.15) is 0 Å². The van der Waals surface area contributed by atoms with Crippen molar-refractivity contribution in [1.82, 2.24) is 4.90 Å². The van der Waals surface area contributed by atoms with E-state index < -0.39 is 17.2 Å². The minimum Gasteiger partial charge on any atom is -0.465 e. The van der Waals surface area contributed by atoms with Gasteiger partial charge in [0, 0.05) is 42.0 Å². The molecule has 0 aromatic heterocycles. The van der Waals surface area contributed by atoms with Crippen LogP contribution in [-0.2, 0) is 10.3 Å². The molecule has 3 unspecified atom stereocenters. The van der Waals surface area contributed by atoms with Crippen LogP contribution in [0.5, 0.6) is 0 Å². The lowest BCUT2D eigenvalue weighted by atomic mass is 9.81. The van der Waals surface area contributed by atoms with Crippen LogP contribution < -0.4 is 5.73 Å². The first-order chi connectivity index (χ1) is 12.6. The number of nitrogens with two attached hydrogens (primary N) is 1. The molecular weight excluding hydrogens is 369 g/mol. The van der Waals surface area contributed by atoms with Crippen molar-refractivity contribution in [2.75, 3.05) is 18.6 Å². The van der Waals surface area contributed by atoms with Gasteiger partial charge in [-0.05, 0) is 45.4 Å². The van der Waals surface area contributed by atoms with Crippen LogP contribution in [0.1, 0.15) is 39.2 Å². The van der Waals surface area contributed by atoms with Crippen molar-refractivity contribution in [1.29, 1.82) is 0 Å². The SMILES string of the molecule is COC1CC2CSC(N(C(=O)O)C(C)(C)C)=NC2(c2cc(N)ccc2F)C1. The van der Waals surface area contributed by atoms with Crippen molar-refractivity contribution in [3.8, 4) is 0 Å². The maximum atomic E-state index is 14.8. The summed E-state index contributed by atoms with van der Waals surface area (Å²) in [5.74, 6) is 0.314. The summed E-state index contributed by atoms with van der Waals surface area (Å²) in [4.78, 5) is 18.1. The van der Waals surface area contributed by atoms with Gasteiger partial charge < -0.3 is 15.6 Å². The Morgan fingerprint density at radius 1 is 1.48 bits per heavy atom. The molecule has 1 fully saturated rings. The van der Waals surface area contributed by atoms with Gasteiger partial charge in [0.2, 0.25) is 0 Å². The Morgan fingerprint density at radius 2 is 2.19 bits per heavy atom. The Balaban J connectivity index is 2.18. The normalized spacial score (nSPS) is 27.8. The standard InChI is InChI=1S/C19H26FN3O3S/c1-18(2,3)23(17(24)25)16-22-19(14-8-12(21)5-6-15(14)20)9-13(26-4)7-11(19)10-27-16/h5-6,8,11,13H,7,9-10,21H2,1-4H3,(H,24,25). The molecule has 0 bridgehead atoms. The molecule has 3 N–H and O–H groups in total. The quantitative estimate of drug-likeness (QED) is 0.741. The van der Waals surface area contributed by atoms with Crippen molar-refractivity contribution >= 4 is 28.7 Å². The van der Waals surface area contributed by atoms with E-state index >= 15 is 0 Å². The molecule has 1 aromatic rings. The number of fused-ring (bicyclic) bond motifs is 1. The number of amidine groups is 1. The largest absolute Gasteiger partial charge is 0.465 e. The molecule has 3 atom stereocenters. The number of hydrogen-bond donors (Lipinski definition) is 2. The van der Waals surface area contributed by atoms with Crippen LogP contribution in [0.2, 0.25) is 0 Å². The van der Waals surface area contributed by atoms with Crippen molar-refractivity contribution < 1.29 is 19.0 Å². The molecule has 3 rings (SSSR count). The van der Waals surface area contributed by atoms with Gasteiger partial charge in [-0.1, -0.05) is 11.8 Å². The van der Waals surface area contributed by atoms with E-state index in [0.717, 1.165) is 6.42 Å². The van der Waals surface area contributed by atoms with Crippen molar-refractivity contribution in [3.63, 3.8) is 0 Å². The van der Waals surface area contributed by atoms with Gasteiger partial charge in [0.1, 0.15) is 5.82 Å². The van der Waals surface area contributed by atoms with Crippen LogP contribution in [0.15, 0.2) is 23.2 Å². The highest BCUT2D eigenvalue weighted by Crippen LogP contribution is 2.53. The van der Waals surface area contributed by atoms with Gasteiger partial charge in [-0.3, -0.25) is 4.90 Å². The van der Waals surface area contributed by atoms with E-state index in [1.165, 1.54) is 28.8 Å². The maximum absolute atomic E-state index is 14.8. The second-order valence-electron chi connectivity index (χ2n) is 8.15. The fraction of sp³-hybridized carbons (Fsp3) is 0.579. The monoisotopic (exact) mass is 395 g/mol. The van der Waals surface area contributed by atoms with Crippen LogP contribution >= 0.6 is 11.8 Å². The lowest BCUT2D eigenvalue weighted by molar-refractivity contribution is 0.102. The molecule has 1 amide bonds. The number of hydrogen-bond acceptors (Lipinski definition) is 5. The molecule has 27 heavy (non-hydrogen) atoms. The van der Waals surface area contributed by atoms with E-state index in [1.54, 1.807) is 13.2 Å². The lowest BCUT2D eigenvalue weighted by Gasteiger charge is -2.41. The summed E-state index contributed by atoms with van der Waals surface area (Å²) in [6.45, 7) is 5.45. The number of rotatable bonds is 2. The number of thioether (sulfide) groups is 1. The first-order valence-electron chi connectivity index (χ1n) is 8.92. The molecule has 1 heterocycles. The van der Waals surface area contributed by atoms with E-state index in [-0.39, 0.29) is 17.8 Å². The Hall–Kier alpha value is -1.80. The van der Waals surface area contributed by atoms with Gasteiger partial charge in [-0.15, -0.1) is 0 Å². The molecule has 1 aromatic carbocycles. The van der Waals surface area contributed by atoms with Crippen LogP contribution in [0, 0.1) is 11.7 Å². The van der Waals surface area contributed by atoms with Gasteiger partial charge in [0.15, 0.2) is 5.17 Å². The number of anilines is 1. The van der Waals surface area contributed by atoms with Gasteiger partial charge in [0.25, 0.3) is 0 Å². The number of ether oxygens (including phenoxy) is 1. The van der Waals surface area contributed by atoms with Gasteiger partial charge in [0.05, 0.1) is 11.6 Å². The molecule has 1 saturated carbocycles. The molecule has 6 nitrogen and oxygen atoms in total. The Bertz CT molecular complexity index is 780. The molecule has 2 aliphatic rings. The predicted octanol–water partition coefficient (Wildman–Crippen LogP) is 3.91. The lowest BCUT2D eigenvalue weighted by Crippen LogP contribution is -2.50. The smallest absolute Gasteiger partial charge is 0.413 e. The summed E-state index contributed by atoms with van der Waals surface area (Å²) in [5, 5.41) is 10.2. The van der Waals surface area contributed by atoms with Crippen LogP contribution in [0.25, 0.3) is 0 Å². The first-order valence-corrected chi connectivity index (χ1v) is 9.91. The summed E-state index contributed by atoms with van der Waals surface area (Å²) in [7, 11) is 1.64. The number of nitrogens with zero attached hydrogens (tertiary/aromatic N) is 2. The molecule has 0 saturated heterocycles. The number of methoxy groups -OCH3 is 1. The van der Waals surface area contributed by atoms with Crippen LogP contribution in [0.4, 0.5) is 14.9 Å². The molecule has 148 valence electrons. The number of halogens is 1. The number of benzene rings is 1. The van der Waals surface area contributed by atoms with Crippen LogP contribution in [0.3, 0.4) is 0 Å². The number of aliphatic imine (C=N–C) groups is 1. The van der Waals surface area contributed by atoms with Gasteiger partial charge in [-0.25, -0.2) is 14.2 Å². The third-order valence-corrected chi connectivity index (χ3v) is 6.42. The van der Waals surface area contributed by atoms with Gasteiger partial charge >= 0.3 is 6.09 Å². The topological polar surface area (TPSA) is 88.1 Å². The summed E-state index contributed by atoms with van der Waals surface area (Å²) in [6.07, 6.45) is 0.108. The van der Waals surface area contributed by atoms with Crippen LogP contribution in [-0.4, -0.2) is 45.8 Å². The molecule has 8 heteroatoms. The first kappa shape index (κ1) is 19.9. The molecule has 1 aliphatic carbocycles. The third-order valence-electron chi connectivity index (χ3n) is 5.31. The summed E-state index contributed by atoms with van der Waals surface area (Å²) in [6, 6.07) is 4.50. The number of amides is 1.